The predicted molar refractivity (Wildman–Crippen MR) is 101 cm³/mol. The van der Waals surface area contributed by atoms with Gasteiger partial charge >= 0.3 is 6.03 Å². The van der Waals surface area contributed by atoms with Gasteiger partial charge in [0.2, 0.25) is 5.91 Å². The van der Waals surface area contributed by atoms with Crippen LogP contribution in [0.3, 0.4) is 0 Å². The van der Waals surface area contributed by atoms with Crippen molar-refractivity contribution < 1.29 is 27.2 Å². The fourth-order valence-corrected chi connectivity index (χ4v) is 3.74. The van der Waals surface area contributed by atoms with E-state index in [-0.39, 0.29) is 29.0 Å². The smallest absolute Gasteiger partial charge is 0.328 e. The summed E-state index contributed by atoms with van der Waals surface area (Å²) in [5, 5.41) is 5.03. The standard InChI is InChI=1S/C18H23N3O6S/c1-4-13(14-6-5-9-27-14)20-17(22)11-12-7-8-15(26-3)16(10-12)28(24,25)21-18(23)19-2/h5-10,13H,4,11H2,1-3H3,(H,20,22)(H2,19,21,23). The van der Waals surface area contributed by atoms with Crippen LogP contribution in [0, 0.1) is 0 Å². The third-order valence-electron chi connectivity index (χ3n) is 3.97. The average molecular weight is 409 g/mol. The predicted octanol–water partition coefficient (Wildman–Crippen LogP) is 1.72. The maximum absolute atomic E-state index is 12.4. The third kappa shape index (κ3) is 5.26. The van der Waals surface area contributed by atoms with Gasteiger partial charge in [-0.1, -0.05) is 13.0 Å². The van der Waals surface area contributed by atoms with E-state index in [9.17, 15) is 18.0 Å². The molecule has 0 bridgehead atoms. The minimum Gasteiger partial charge on any atom is -0.495 e. The normalized spacial score (nSPS) is 12.1. The van der Waals surface area contributed by atoms with Crippen molar-refractivity contribution in [1.29, 1.82) is 0 Å². The lowest BCUT2D eigenvalue weighted by atomic mass is 10.1. The van der Waals surface area contributed by atoms with Gasteiger partial charge in [-0.15, -0.1) is 0 Å². The molecule has 3 amide bonds. The largest absolute Gasteiger partial charge is 0.495 e. The maximum Gasteiger partial charge on any atom is 0.328 e. The van der Waals surface area contributed by atoms with Crippen molar-refractivity contribution in [2.24, 2.45) is 0 Å². The van der Waals surface area contributed by atoms with Gasteiger partial charge in [-0.25, -0.2) is 17.9 Å². The lowest BCUT2D eigenvalue weighted by Crippen LogP contribution is -2.37. The Bertz CT molecular complexity index is 925. The number of hydrogen-bond donors (Lipinski definition) is 3. The topological polar surface area (TPSA) is 127 Å². The van der Waals surface area contributed by atoms with Crippen molar-refractivity contribution in [2.45, 2.75) is 30.7 Å². The molecule has 9 nitrogen and oxygen atoms in total. The summed E-state index contributed by atoms with van der Waals surface area (Å²) >= 11 is 0. The van der Waals surface area contributed by atoms with Crippen LogP contribution in [0.15, 0.2) is 45.9 Å². The molecule has 1 aromatic carbocycles. The van der Waals surface area contributed by atoms with Crippen LogP contribution in [-0.4, -0.2) is 34.5 Å². The Balaban J connectivity index is 2.20. The molecule has 1 heterocycles. The molecule has 1 aromatic heterocycles. The number of hydrogen-bond acceptors (Lipinski definition) is 6. The van der Waals surface area contributed by atoms with Crippen LogP contribution in [0.1, 0.15) is 30.7 Å². The number of carbonyl (C=O) groups is 2. The van der Waals surface area contributed by atoms with Crippen LogP contribution in [0.25, 0.3) is 0 Å². The van der Waals surface area contributed by atoms with Crippen LogP contribution in [0.4, 0.5) is 4.79 Å². The minimum absolute atomic E-state index is 0.0519. The molecule has 0 saturated heterocycles. The van der Waals surface area contributed by atoms with Crippen LogP contribution < -0.4 is 20.1 Å². The van der Waals surface area contributed by atoms with E-state index >= 15 is 0 Å². The van der Waals surface area contributed by atoms with Crippen LogP contribution in [0.5, 0.6) is 5.75 Å². The van der Waals surface area contributed by atoms with Crippen LogP contribution in [0.2, 0.25) is 0 Å². The van der Waals surface area contributed by atoms with Gasteiger partial charge in [0.15, 0.2) is 0 Å². The summed E-state index contributed by atoms with van der Waals surface area (Å²) < 4.78 is 37.1. The van der Waals surface area contributed by atoms with E-state index in [0.717, 1.165) is 0 Å². The lowest BCUT2D eigenvalue weighted by molar-refractivity contribution is -0.121. The quantitative estimate of drug-likeness (QED) is 0.609. The number of benzene rings is 1. The molecule has 1 unspecified atom stereocenters. The number of urea groups is 1. The first-order chi connectivity index (χ1) is 13.3. The molecule has 0 radical (unpaired) electrons. The summed E-state index contributed by atoms with van der Waals surface area (Å²) in [5.74, 6) is 0.405. The van der Waals surface area contributed by atoms with Gasteiger partial charge < -0.3 is 19.8 Å². The molecule has 2 aromatic rings. The Morgan fingerprint density at radius 2 is 2.00 bits per heavy atom. The Hall–Kier alpha value is -3.01. The van der Waals surface area contributed by atoms with Crippen molar-refractivity contribution >= 4 is 22.0 Å². The van der Waals surface area contributed by atoms with Crippen LogP contribution >= 0.6 is 0 Å². The molecular weight excluding hydrogens is 386 g/mol. The maximum atomic E-state index is 12.4. The zero-order chi connectivity index (χ0) is 20.7. The number of rotatable bonds is 8. The lowest BCUT2D eigenvalue weighted by Gasteiger charge is -2.15. The number of sulfonamides is 1. The third-order valence-corrected chi connectivity index (χ3v) is 5.32. The van der Waals surface area contributed by atoms with E-state index in [1.165, 1.54) is 32.6 Å². The van der Waals surface area contributed by atoms with E-state index in [1.54, 1.807) is 18.2 Å². The SMILES string of the molecule is CCC(NC(=O)Cc1ccc(OC)c(S(=O)(=O)NC(=O)NC)c1)c1ccco1. The molecular formula is C18H23N3O6S. The van der Waals surface area contributed by atoms with E-state index in [1.807, 2.05) is 11.6 Å². The van der Waals surface area contributed by atoms with Gasteiger partial charge in [-0.2, -0.15) is 0 Å². The molecule has 152 valence electrons. The van der Waals surface area contributed by atoms with Gasteiger partial charge in [0.25, 0.3) is 10.0 Å². The van der Waals surface area contributed by atoms with Crippen molar-refractivity contribution in [3.63, 3.8) is 0 Å². The van der Waals surface area contributed by atoms with Gasteiger partial charge in [-0.05, 0) is 36.2 Å². The summed E-state index contributed by atoms with van der Waals surface area (Å²) in [7, 11) is -1.56. The zero-order valence-electron chi connectivity index (χ0n) is 15.8. The fraction of sp³-hybridized carbons (Fsp3) is 0.333. The van der Waals surface area contributed by atoms with Crippen molar-refractivity contribution in [2.75, 3.05) is 14.2 Å². The Morgan fingerprint density at radius 1 is 1.25 bits per heavy atom. The molecule has 0 fully saturated rings. The second-order valence-electron chi connectivity index (χ2n) is 5.89. The Kier molecular flexibility index (Phi) is 7.05. The van der Waals surface area contributed by atoms with E-state index < -0.39 is 16.1 Å². The number of furan rings is 1. The molecule has 28 heavy (non-hydrogen) atoms. The summed E-state index contributed by atoms with van der Waals surface area (Å²) in [4.78, 5) is 23.6. The summed E-state index contributed by atoms with van der Waals surface area (Å²) in [6, 6.07) is 6.68. The molecule has 0 spiro atoms. The number of nitrogens with one attached hydrogen (secondary N) is 3. The van der Waals surface area contributed by atoms with Crippen molar-refractivity contribution in [1.82, 2.24) is 15.4 Å². The second kappa shape index (κ2) is 9.27. The van der Waals surface area contributed by atoms with E-state index in [4.69, 9.17) is 9.15 Å². The summed E-state index contributed by atoms with van der Waals surface area (Å²) in [6.45, 7) is 1.91. The number of carbonyl (C=O) groups excluding carboxylic acids is 2. The number of methoxy groups -OCH3 is 1. The highest BCUT2D eigenvalue weighted by Gasteiger charge is 2.23. The highest BCUT2D eigenvalue weighted by atomic mass is 32.2. The second-order valence-corrected chi connectivity index (χ2v) is 7.54. The summed E-state index contributed by atoms with van der Waals surface area (Å²) in [5.41, 5.74) is 0.449. The van der Waals surface area contributed by atoms with Crippen LogP contribution in [-0.2, 0) is 21.2 Å². The molecule has 0 aliphatic rings. The molecule has 1 atom stereocenters. The zero-order valence-corrected chi connectivity index (χ0v) is 16.6. The molecule has 0 saturated carbocycles. The molecule has 2 rings (SSSR count). The summed E-state index contributed by atoms with van der Waals surface area (Å²) in [6.07, 6.45) is 2.12. The number of amides is 3. The van der Waals surface area contributed by atoms with Gasteiger partial charge in [0.1, 0.15) is 16.4 Å². The first-order valence-electron chi connectivity index (χ1n) is 8.55. The molecule has 10 heteroatoms. The monoisotopic (exact) mass is 409 g/mol. The highest BCUT2D eigenvalue weighted by Crippen LogP contribution is 2.25. The molecule has 3 N–H and O–H groups in total. The molecule has 0 aliphatic heterocycles. The van der Waals surface area contributed by atoms with Crippen molar-refractivity contribution in [3.8, 4) is 5.75 Å². The van der Waals surface area contributed by atoms with Gasteiger partial charge in [0.05, 0.1) is 25.8 Å². The Morgan fingerprint density at radius 3 is 2.57 bits per heavy atom. The van der Waals surface area contributed by atoms with Gasteiger partial charge in [0, 0.05) is 7.05 Å². The number of ether oxygens (including phenoxy) is 1. The van der Waals surface area contributed by atoms with Crippen molar-refractivity contribution in [3.05, 3.63) is 47.9 Å². The van der Waals surface area contributed by atoms with E-state index in [2.05, 4.69) is 10.6 Å². The fourth-order valence-electron chi connectivity index (χ4n) is 2.56. The van der Waals surface area contributed by atoms with E-state index in [0.29, 0.717) is 17.7 Å². The average Bonchev–Trinajstić information content (AvgIpc) is 3.20. The van der Waals surface area contributed by atoms with Gasteiger partial charge in [-0.3, -0.25) is 4.79 Å². The molecule has 0 aliphatic carbocycles. The minimum atomic E-state index is -4.17. The Labute approximate surface area is 163 Å². The first-order valence-corrected chi connectivity index (χ1v) is 10.0. The first kappa shape index (κ1) is 21.3. The highest BCUT2D eigenvalue weighted by molar-refractivity contribution is 7.90.